The van der Waals surface area contributed by atoms with Gasteiger partial charge in [-0.05, 0) is 38.5 Å². The molecule has 0 saturated carbocycles. The zero-order valence-corrected chi connectivity index (χ0v) is 10.1. The lowest BCUT2D eigenvalue weighted by molar-refractivity contribution is 0.0163. The molecule has 1 rings (SSSR count). The van der Waals surface area contributed by atoms with Crippen LogP contribution in [0.2, 0.25) is 0 Å². The summed E-state index contributed by atoms with van der Waals surface area (Å²) in [5.74, 6) is 0.850. The summed E-state index contributed by atoms with van der Waals surface area (Å²) in [7, 11) is 0. The van der Waals surface area contributed by atoms with Crippen molar-refractivity contribution in [2.24, 2.45) is 11.3 Å². The summed E-state index contributed by atoms with van der Waals surface area (Å²) in [5.41, 5.74) is 0.844. The summed E-state index contributed by atoms with van der Waals surface area (Å²) in [5, 5.41) is 0. The van der Waals surface area contributed by atoms with Gasteiger partial charge >= 0.3 is 0 Å². The molecule has 1 atom stereocenters. The Morgan fingerprint density at radius 1 is 1.23 bits per heavy atom. The van der Waals surface area contributed by atoms with Gasteiger partial charge < -0.3 is 0 Å². The van der Waals surface area contributed by atoms with Crippen molar-refractivity contribution in [3.63, 3.8) is 0 Å². The van der Waals surface area contributed by atoms with Gasteiger partial charge in [-0.1, -0.05) is 20.8 Å². The Morgan fingerprint density at radius 3 is 2.15 bits per heavy atom. The van der Waals surface area contributed by atoms with Crippen molar-refractivity contribution >= 4 is 0 Å². The maximum atomic E-state index is 2.63. The Hall–Kier alpha value is -0.0400. The first-order valence-corrected chi connectivity index (χ1v) is 5.46. The molecule has 1 heterocycles. The number of piperidine rings is 1. The molecule has 1 nitrogen and oxygen atoms in total. The third-order valence-electron chi connectivity index (χ3n) is 3.00. The monoisotopic (exact) mass is 183 g/mol. The summed E-state index contributed by atoms with van der Waals surface area (Å²) >= 11 is 0. The van der Waals surface area contributed by atoms with Crippen LogP contribution in [0.1, 0.15) is 48.0 Å². The van der Waals surface area contributed by atoms with Crippen LogP contribution in [-0.2, 0) is 0 Å². The highest BCUT2D eigenvalue weighted by molar-refractivity contribution is 4.88. The molecule has 0 aliphatic carbocycles. The van der Waals surface area contributed by atoms with Crippen LogP contribution < -0.4 is 0 Å². The minimum Gasteiger partial charge on any atom is -0.298 e. The second kappa shape index (κ2) is 3.27. The van der Waals surface area contributed by atoms with Crippen LogP contribution in [0, 0.1) is 11.3 Å². The van der Waals surface area contributed by atoms with Crippen molar-refractivity contribution in [1.82, 2.24) is 4.90 Å². The molecule has 78 valence electrons. The zero-order valence-electron chi connectivity index (χ0n) is 10.1. The Kier molecular flexibility index (Phi) is 2.78. The molecule has 13 heavy (non-hydrogen) atoms. The van der Waals surface area contributed by atoms with E-state index in [0.717, 1.165) is 5.92 Å². The van der Waals surface area contributed by atoms with E-state index in [9.17, 15) is 0 Å². The topological polar surface area (TPSA) is 3.24 Å². The maximum absolute atomic E-state index is 2.63. The van der Waals surface area contributed by atoms with Crippen molar-refractivity contribution in [2.45, 2.75) is 53.5 Å². The summed E-state index contributed by atoms with van der Waals surface area (Å²) in [6.45, 7) is 16.6. The molecule has 0 spiro atoms. The number of rotatable bonds is 0. The second-order valence-electron chi connectivity index (χ2n) is 6.52. The average Bonchev–Trinajstić information content (AvgIpc) is 1.79. The maximum Gasteiger partial charge on any atom is 0.0125 e. The smallest absolute Gasteiger partial charge is 0.0125 e. The Morgan fingerprint density at radius 2 is 1.77 bits per heavy atom. The van der Waals surface area contributed by atoms with Gasteiger partial charge in [0.15, 0.2) is 0 Å². The van der Waals surface area contributed by atoms with E-state index in [1.165, 1.54) is 19.5 Å². The molecule has 0 N–H and O–H groups in total. The predicted molar refractivity (Wildman–Crippen MR) is 58.9 cm³/mol. The van der Waals surface area contributed by atoms with Gasteiger partial charge in [-0.2, -0.15) is 0 Å². The predicted octanol–water partition coefficient (Wildman–Crippen LogP) is 3.15. The Bertz CT molecular complexity index is 176. The average molecular weight is 183 g/mol. The van der Waals surface area contributed by atoms with Crippen LogP contribution in [0.15, 0.2) is 0 Å². The van der Waals surface area contributed by atoms with Gasteiger partial charge in [0.25, 0.3) is 0 Å². The van der Waals surface area contributed by atoms with Gasteiger partial charge in [-0.15, -0.1) is 0 Å². The standard InChI is InChI=1S/C12H25N/c1-10-7-12(5,6)9-13(8-10)11(2,3)4/h10H,7-9H2,1-6H3. The molecule has 1 fully saturated rings. The third-order valence-corrected chi connectivity index (χ3v) is 3.00. The number of nitrogens with zero attached hydrogens (tertiary/aromatic N) is 1. The largest absolute Gasteiger partial charge is 0.298 e. The molecule has 1 heteroatoms. The summed E-state index contributed by atoms with van der Waals surface area (Å²) in [6, 6.07) is 0. The van der Waals surface area contributed by atoms with Crippen molar-refractivity contribution in [1.29, 1.82) is 0 Å². The fourth-order valence-electron chi connectivity index (χ4n) is 2.54. The van der Waals surface area contributed by atoms with Crippen molar-refractivity contribution in [3.05, 3.63) is 0 Å². The zero-order chi connectivity index (χ0) is 10.3. The van der Waals surface area contributed by atoms with E-state index in [0.29, 0.717) is 11.0 Å². The van der Waals surface area contributed by atoms with E-state index in [1.54, 1.807) is 0 Å². The first-order valence-electron chi connectivity index (χ1n) is 5.46. The number of hydrogen-bond acceptors (Lipinski definition) is 1. The van der Waals surface area contributed by atoms with Crippen LogP contribution in [0.25, 0.3) is 0 Å². The molecule has 0 aromatic heterocycles. The van der Waals surface area contributed by atoms with Gasteiger partial charge in [0.05, 0.1) is 0 Å². The molecule has 1 aliphatic rings. The molecule has 0 aromatic carbocycles. The summed E-state index contributed by atoms with van der Waals surface area (Å²) in [6.07, 6.45) is 1.37. The highest BCUT2D eigenvalue weighted by Gasteiger charge is 2.35. The Labute approximate surface area is 83.5 Å². The summed E-state index contributed by atoms with van der Waals surface area (Å²) in [4.78, 5) is 2.63. The highest BCUT2D eigenvalue weighted by atomic mass is 15.2. The first kappa shape index (κ1) is 11.0. The molecule has 0 amide bonds. The van der Waals surface area contributed by atoms with Crippen LogP contribution in [0.3, 0.4) is 0 Å². The van der Waals surface area contributed by atoms with Crippen LogP contribution in [-0.4, -0.2) is 23.5 Å². The summed E-state index contributed by atoms with van der Waals surface area (Å²) < 4.78 is 0. The molecule has 0 bridgehead atoms. The molecule has 0 aromatic rings. The van der Waals surface area contributed by atoms with Crippen LogP contribution >= 0.6 is 0 Å². The normalized spacial score (nSPS) is 30.5. The fraction of sp³-hybridized carbons (Fsp3) is 1.00. The van der Waals surface area contributed by atoms with Crippen molar-refractivity contribution in [2.75, 3.05) is 13.1 Å². The molecule has 0 radical (unpaired) electrons. The van der Waals surface area contributed by atoms with Gasteiger partial charge in [-0.3, -0.25) is 4.90 Å². The van der Waals surface area contributed by atoms with E-state index in [-0.39, 0.29) is 0 Å². The van der Waals surface area contributed by atoms with Gasteiger partial charge in [-0.25, -0.2) is 0 Å². The van der Waals surface area contributed by atoms with Gasteiger partial charge in [0, 0.05) is 18.6 Å². The number of likely N-dealkylation sites (tertiary alicyclic amines) is 1. The minimum absolute atomic E-state index is 0.339. The molecule has 1 saturated heterocycles. The minimum atomic E-state index is 0.339. The fourth-order valence-corrected chi connectivity index (χ4v) is 2.54. The third kappa shape index (κ3) is 2.98. The molecular formula is C12H25N. The number of hydrogen-bond donors (Lipinski definition) is 0. The highest BCUT2D eigenvalue weighted by Crippen LogP contribution is 2.34. The van der Waals surface area contributed by atoms with Gasteiger partial charge in [0.2, 0.25) is 0 Å². The lowest BCUT2D eigenvalue weighted by atomic mass is 9.78. The van der Waals surface area contributed by atoms with Gasteiger partial charge in [0.1, 0.15) is 0 Å². The van der Waals surface area contributed by atoms with E-state index >= 15 is 0 Å². The SMILES string of the molecule is CC1CN(C(C)(C)C)CC(C)(C)C1. The van der Waals surface area contributed by atoms with Crippen LogP contribution in [0.5, 0.6) is 0 Å². The molecule has 1 unspecified atom stereocenters. The van der Waals surface area contributed by atoms with E-state index in [4.69, 9.17) is 0 Å². The van der Waals surface area contributed by atoms with E-state index < -0.39 is 0 Å². The lowest BCUT2D eigenvalue weighted by Gasteiger charge is -2.47. The van der Waals surface area contributed by atoms with Crippen molar-refractivity contribution < 1.29 is 0 Å². The lowest BCUT2D eigenvalue weighted by Crippen LogP contribution is -2.52. The van der Waals surface area contributed by atoms with E-state index in [2.05, 4.69) is 46.4 Å². The molecule has 1 aliphatic heterocycles. The van der Waals surface area contributed by atoms with Crippen LogP contribution in [0.4, 0.5) is 0 Å². The van der Waals surface area contributed by atoms with Crippen molar-refractivity contribution in [3.8, 4) is 0 Å². The Balaban J connectivity index is 2.69. The van der Waals surface area contributed by atoms with E-state index in [1.807, 2.05) is 0 Å². The second-order valence-corrected chi connectivity index (χ2v) is 6.52. The molecular weight excluding hydrogens is 158 g/mol. The first-order chi connectivity index (χ1) is 5.71. The quantitative estimate of drug-likeness (QED) is 0.557.